The third-order valence-corrected chi connectivity index (χ3v) is 11.5. The van der Waals surface area contributed by atoms with E-state index in [1.165, 1.54) is 53.4 Å². The minimum atomic E-state index is -1.72. The number of phenolic OH excluding ortho intramolecular Hbond substituents is 2. The summed E-state index contributed by atoms with van der Waals surface area (Å²) in [6.45, 7) is 0.960. The van der Waals surface area contributed by atoms with E-state index in [0.717, 1.165) is 0 Å². The smallest absolute Gasteiger partial charge is 0.328 e. The Bertz CT molecular complexity index is 2080. The van der Waals surface area contributed by atoms with Crippen LogP contribution in [0.3, 0.4) is 0 Å². The molecule has 0 unspecified atom stereocenters. The fourth-order valence-corrected chi connectivity index (χ4v) is 7.32. The van der Waals surface area contributed by atoms with Crippen molar-refractivity contribution in [3.63, 3.8) is 0 Å². The predicted octanol–water partition coefficient (Wildman–Crippen LogP) is -3.90. The van der Waals surface area contributed by atoms with Crippen LogP contribution in [0.25, 0.3) is 0 Å². The summed E-state index contributed by atoms with van der Waals surface area (Å²) >= 11 is 0. The Morgan fingerprint density at radius 3 is 1.70 bits per heavy atom. The molecule has 1 heterocycles. The molecular formula is C45H66N10O14. The van der Waals surface area contributed by atoms with Crippen molar-refractivity contribution in [3.05, 3.63) is 59.7 Å². The second-order valence-electron chi connectivity index (χ2n) is 16.6. The molecule has 0 radical (unpaired) electrons. The molecule has 8 amide bonds. The third kappa shape index (κ3) is 17.9. The number of aliphatic carboxylic acids is 1. The SMILES string of the molecule is CC[C@H](C)[C@H](NC(=O)[C@H](CO)NC(=O)[C@H](Cc1ccc(O)cc1)NC(=O)[C@H](Cc1ccc(O)cc1)NC(=O)[C@@H]1CCCN1C(=O)CN)C(=O)N[C@@H](CCCCN)C(=O)NCC(=O)N[C@@H](CO)C(=O)O. The zero-order chi connectivity index (χ0) is 51.2. The second kappa shape index (κ2) is 28.4. The van der Waals surface area contributed by atoms with Gasteiger partial charge in [-0.3, -0.25) is 38.4 Å². The Morgan fingerprint density at radius 1 is 0.667 bits per heavy atom. The van der Waals surface area contributed by atoms with Gasteiger partial charge in [-0.15, -0.1) is 0 Å². The molecule has 0 saturated carbocycles. The van der Waals surface area contributed by atoms with Crippen molar-refractivity contribution in [2.24, 2.45) is 17.4 Å². The summed E-state index contributed by atoms with van der Waals surface area (Å²) < 4.78 is 0. The van der Waals surface area contributed by atoms with E-state index in [9.17, 15) is 63.6 Å². The fourth-order valence-electron chi connectivity index (χ4n) is 7.32. The Kier molecular flexibility index (Phi) is 23.3. The van der Waals surface area contributed by atoms with Crippen LogP contribution in [-0.4, -0.2) is 165 Å². The van der Waals surface area contributed by atoms with Crippen LogP contribution >= 0.6 is 0 Å². The summed E-state index contributed by atoms with van der Waals surface area (Å²) in [5.74, 6) is -8.81. The molecule has 1 aliphatic heterocycles. The number of nitrogens with one attached hydrogen (secondary N) is 7. The van der Waals surface area contributed by atoms with Gasteiger partial charge in [0.1, 0.15) is 53.8 Å². The molecule has 16 N–H and O–H groups in total. The van der Waals surface area contributed by atoms with Crippen molar-refractivity contribution in [1.82, 2.24) is 42.1 Å². The Hall–Kier alpha value is -6.89. The number of amides is 8. The van der Waals surface area contributed by atoms with Crippen molar-refractivity contribution in [1.29, 1.82) is 0 Å². The molecule has 1 saturated heterocycles. The summed E-state index contributed by atoms with van der Waals surface area (Å²) in [6, 6.07) is 1.74. The van der Waals surface area contributed by atoms with Crippen LogP contribution in [0.1, 0.15) is 63.5 Å². The fraction of sp³-hybridized carbons (Fsp3) is 0.533. The van der Waals surface area contributed by atoms with Crippen molar-refractivity contribution >= 4 is 53.2 Å². The van der Waals surface area contributed by atoms with Crippen molar-refractivity contribution in [2.75, 3.05) is 39.4 Å². The first-order valence-corrected chi connectivity index (χ1v) is 22.6. The number of benzene rings is 2. The Labute approximate surface area is 398 Å². The van der Waals surface area contributed by atoms with E-state index in [2.05, 4.69) is 31.9 Å². The van der Waals surface area contributed by atoms with Gasteiger partial charge < -0.3 is 79.1 Å². The summed E-state index contributed by atoms with van der Waals surface area (Å²) in [5.41, 5.74) is 12.1. The molecule has 0 spiro atoms. The minimum absolute atomic E-state index is 0.0435. The molecule has 1 fully saturated rings. The maximum Gasteiger partial charge on any atom is 0.328 e. The highest BCUT2D eigenvalue weighted by Gasteiger charge is 2.37. The topological polar surface area (TPSA) is 394 Å². The quantitative estimate of drug-likeness (QED) is 0.0363. The van der Waals surface area contributed by atoms with E-state index in [1.54, 1.807) is 13.8 Å². The Balaban J connectivity index is 1.86. The van der Waals surface area contributed by atoms with Crippen LogP contribution in [0.5, 0.6) is 11.5 Å². The molecule has 2 aromatic rings. The predicted molar refractivity (Wildman–Crippen MR) is 246 cm³/mol. The molecule has 24 nitrogen and oxygen atoms in total. The number of carbonyl (C=O) groups excluding carboxylic acids is 8. The molecule has 24 heteroatoms. The lowest BCUT2D eigenvalue weighted by atomic mass is 9.97. The number of aliphatic hydroxyl groups is 2. The van der Waals surface area contributed by atoms with Crippen molar-refractivity contribution in [2.45, 2.75) is 108 Å². The van der Waals surface area contributed by atoms with Gasteiger partial charge in [-0.1, -0.05) is 44.5 Å². The molecule has 3 rings (SSSR count). The van der Waals surface area contributed by atoms with Gasteiger partial charge in [0.2, 0.25) is 47.3 Å². The molecule has 0 aromatic heterocycles. The van der Waals surface area contributed by atoms with Gasteiger partial charge >= 0.3 is 5.97 Å². The lowest BCUT2D eigenvalue weighted by Crippen LogP contribution is -2.61. The zero-order valence-electron chi connectivity index (χ0n) is 38.6. The van der Waals surface area contributed by atoms with E-state index in [1.807, 2.05) is 5.32 Å². The number of nitrogens with two attached hydrogens (primary N) is 2. The molecule has 0 aliphatic carbocycles. The monoisotopic (exact) mass is 970 g/mol. The third-order valence-electron chi connectivity index (χ3n) is 11.5. The second-order valence-corrected chi connectivity index (χ2v) is 16.6. The van der Waals surface area contributed by atoms with E-state index in [4.69, 9.17) is 16.6 Å². The van der Waals surface area contributed by atoms with Crippen LogP contribution in [0.2, 0.25) is 0 Å². The maximum atomic E-state index is 14.2. The Morgan fingerprint density at radius 2 is 1.19 bits per heavy atom. The van der Waals surface area contributed by atoms with Gasteiger partial charge in [0, 0.05) is 19.4 Å². The van der Waals surface area contributed by atoms with Gasteiger partial charge in [-0.05, 0) is 80.0 Å². The highest BCUT2D eigenvalue weighted by atomic mass is 16.4. The van der Waals surface area contributed by atoms with Crippen LogP contribution in [0.4, 0.5) is 0 Å². The molecule has 2 aromatic carbocycles. The lowest BCUT2D eigenvalue weighted by molar-refractivity contribution is -0.143. The maximum absolute atomic E-state index is 14.2. The molecule has 69 heavy (non-hydrogen) atoms. The number of aliphatic hydroxyl groups excluding tert-OH is 2. The number of phenols is 2. The number of hydrogen-bond donors (Lipinski definition) is 14. The number of rotatable bonds is 28. The van der Waals surface area contributed by atoms with Gasteiger partial charge in [0.15, 0.2) is 0 Å². The number of aromatic hydroxyl groups is 2. The molecular weight excluding hydrogens is 905 g/mol. The highest BCUT2D eigenvalue weighted by Crippen LogP contribution is 2.19. The summed E-state index contributed by atoms with van der Waals surface area (Å²) in [4.78, 5) is 120. The van der Waals surface area contributed by atoms with Crippen LogP contribution < -0.4 is 48.7 Å². The summed E-state index contributed by atoms with van der Waals surface area (Å²) in [6.07, 6.45) is 1.62. The molecule has 0 bridgehead atoms. The lowest BCUT2D eigenvalue weighted by Gasteiger charge is -2.29. The number of carbonyl (C=O) groups is 9. The molecule has 8 atom stereocenters. The first-order chi connectivity index (χ1) is 32.8. The number of nitrogens with zero attached hydrogens (tertiary/aromatic N) is 1. The number of carboxylic acids is 1. The number of unbranched alkanes of at least 4 members (excludes halogenated alkanes) is 1. The first-order valence-electron chi connectivity index (χ1n) is 22.6. The number of carboxylic acid groups (broad SMARTS) is 1. The average molecular weight is 971 g/mol. The zero-order valence-corrected chi connectivity index (χ0v) is 38.6. The average Bonchev–Trinajstić information content (AvgIpc) is 3.83. The van der Waals surface area contributed by atoms with E-state index < -0.39 is 121 Å². The van der Waals surface area contributed by atoms with E-state index in [-0.39, 0.29) is 50.4 Å². The van der Waals surface area contributed by atoms with Gasteiger partial charge in [-0.25, -0.2) is 4.79 Å². The van der Waals surface area contributed by atoms with E-state index in [0.29, 0.717) is 43.2 Å². The standard InChI is InChI=1S/C45H66N10O14/c1-3-25(2)38(44(67)50-30(7-4-5-17-46)39(62)48-22-36(60)49-34(24-57)45(68)69)54-42(65)33(23-56)53-41(64)31(19-26-9-13-28(58)14-10-26)51-40(63)32(20-27-11-15-29(59)16-12-27)52-43(66)35-8-6-18-55(35)37(61)21-47/h9-16,25,30-35,38,56-59H,3-8,17-24,46-47H2,1-2H3,(H,48,62)(H,49,60)(H,50,67)(H,51,63)(H,52,66)(H,53,64)(H,54,65)(H,68,69)/t25-,30-,31-,32-,33-,34-,35-,38-/m0/s1. The van der Waals surface area contributed by atoms with E-state index >= 15 is 0 Å². The van der Waals surface area contributed by atoms with Crippen LogP contribution in [-0.2, 0) is 56.0 Å². The van der Waals surface area contributed by atoms with Crippen LogP contribution in [0.15, 0.2) is 48.5 Å². The largest absolute Gasteiger partial charge is 0.508 e. The summed E-state index contributed by atoms with van der Waals surface area (Å²) in [5, 5.41) is 65.8. The minimum Gasteiger partial charge on any atom is -0.508 e. The van der Waals surface area contributed by atoms with Gasteiger partial charge in [-0.2, -0.15) is 0 Å². The summed E-state index contributed by atoms with van der Waals surface area (Å²) in [7, 11) is 0. The molecule has 1 aliphatic rings. The van der Waals surface area contributed by atoms with Gasteiger partial charge in [0.25, 0.3) is 0 Å². The number of hydrogen-bond acceptors (Lipinski definition) is 15. The van der Waals surface area contributed by atoms with Crippen molar-refractivity contribution in [3.8, 4) is 11.5 Å². The van der Waals surface area contributed by atoms with Crippen molar-refractivity contribution < 1.29 is 68.7 Å². The normalized spacial score (nSPS) is 16.3. The molecule has 380 valence electrons. The highest BCUT2D eigenvalue weighted by molar-refractivity contribution is 5.98. The van der Waals surface area contributed by atoms with Crippen LogP contribution in [0, 0.1) is 5.92 Å². The van der Waals surface area contributed by atoms with Gasteiger partial charge in [0.05, 0.1) is 26.3 Å². The number of likely N-dealkylation sites (tertiary alicyclic amines) is 1. The first kappa shape index (κ1) is 56.4.